The predicted octanol–water partition coefficient (Wildman–Crippen LogP) is 5.78. The van der Waals surface area contributed by atoms with Crippen LogP contribution in [0.25, 0.3) is 10.9 Å². The van der Waals surface area contributed by atoms with Crippen LogP contribution in [0, 0.1) is 5.82 Å². The van der Waals surface area contributed by atoms with E-state index in [1.165, 1.54) is 12.1 Å². The van der Waals surface area contributed by atoms with Crippen LogP contribution >= 0.6 is 23.2 Å². The third-order valence-electron chi connectivity index (χ3n) is 4.33. The predicted molar refractivity (Wildman–Crippen MR) is 110 cm³/mol. The highest BCUT2D eigenvalue weighted by molar-refractivity contribution is 6.35. The van der Waals surface area contributed by atoms with Gasteiger partial charge in [0.15, 0.2) is 5.69 Å². The Morgan fingerprint density at radius 2 is 1.79 bits per heavy atom. The lowest BCUT2D eigenvalue weighted by Crippen LogP contribution is -2.14. The molecule has 1 N–H and O–H groups in total. The van der Waals surface area contributed by atoms with E-state index in [1.54, 1.807) is 35.0 Å². The van der Waals surface area contributed by atoms with Crippen molar-refractivity contribution in [3.05, 3.63) is 93.8 Å². The third-order valence-corrected chi connectivity index (χ3v) is 4.92. The van der Waals surface area contributed by atoms with E-state index in [-0.39, 0.29) is 11.4 Å². The molecule has 7 heteroatoms. The normalized spacial score (nSPS) is 11.0. The molecule has 0 saturated heterocycles. The zero-order valence-electron chi connectivity index (χ0n) is 14.5. The van der Waals surface area contributed by atoms with E-state index >= 15 is 0 Å². The summed E-state index contributed by atoms with van der Waals surface area (Å²) in [6.07, 6.45) is 0. The van der Waals surface area contributed by atoms with E-state index < -0.39 is 11.7 Å². The molecule has 140 valence electrons. The van der Waals surface area contributed by atoms with Crippen LogP contribution < -0.4 is 5.32 Å². The molecule has 4 nitrogen and oxygen atoms in total. The molecule has 1 heterocycles. The number of hydrogen-bond donors (Lipinski definition) is 1. The Kier molecular flexibility index (Phi) is 5.03. The summed E-state index contributed by atoms with van der Waals surface area (Å²) in [6.45, 7) is 0.365. The number of nitrogens with one attached hydrogen (secondary N) is 1. The zero-order valence-corrected chi connectivity index (χ0v) is 16.0. The maximum atomic E-state index is 13.9. The second kappa shape index (κ2) is 7.62. The Hall–Kier alpha value is -2.89. The van der Waals surface area contributed by atoms with Crippen LogP contribution in [0.1, 0.15) is 16.1 Å². The van der Waals surface area contributed by atoms with E-state index in [9.17, 15) is 9.18 Å². The minimum Gasteiger partial charge on any atom is -0.318 e. The average molecular weight is 414 g/mol. The van der Waals surface area contributed by atoms with Gasteiger partial charge in [0.2, 0.25) is 0 Å². The van der Waals surface area contributed by atoms with Gasteiger partial charge in [0, 0.05) is 15.4 Å². The Balaban J connectivity index is 1.72. The molecule has 0 bridgehead atoms. The van der Waals surface area contributed by atoms with Gasteiger partial charge in [-0.2, -0.15) is 5.10 Å². The largest absolute Gasteiger partial charge is 0.318 e. The molecule has 1 amide bonds. The fourth-order valence-corrected chi connectivity index (χ4v) is 3.44. The Morgan fingerprint density at radius 3 is 2.57 bits per heavy atom. The number of carbonyl (C=O) groups excluding carboxylic acids is 1. The molecule has 1 aromatic heterocycles. The number of aromatic nitrogens is 2. The molecular formula is C21H14Cl2FN3O. The van der Waals surface area contributed by atoms with Crippen molar-refractivity contribution in [1.82, 2.24) is 9.78 Å². The highest BCUT2D eigenvalue weighted by Gasteiger charge is 2.18. The first-order chi connectivity index (χ1) is 13.5. The molecule has 0 aliphatic heterocycles. The number of nitrogens with zero attached hydrogens (tertiary/aromatic N) is 2. The quantitative estimate of drug-likeness (QED) is 0.460. The van der Waals surface area contributed by atoms with Crippen LogP contribution in [0.3, 0.4) is 0 Å². The number of halogens is 3. The van der Waals surface area contributed by atoms with E-state index in [2.05, 4.69) is 10.4 Å². The number of fused-ring (bicyclic) bond motifs is 1. The van der Waals surface area contributed by atoms with Crippen LogP contribution in [0.2, 0.25) is 10.0 Å². The summed E-state index contributed by atoms with van der Waals surface area (Å²) in [5, 5.41) is 8.78. The fourth-order valence-electron chi connectivity index (χ4n) is 2.97. The Labute approximate surface area is 170 Å². The average Bonchev–Trinajstić information content (AvgIpc) is 3.05. The molecule has 0 atom stereocenters. The van der Waals surface area contributed by atoms with Crippen molar-refractivity contribution in [1.29, 1.82) is 0 Å². The molecular weight excluding hydrogens is 400 g/mol. The second-order valence-corrected chi connectivity index (χ2v) is 7.04. The first-order valence-electron chi connectivity index (χ1n) is 8.48. The molecule has 4 aromatic rings. The highest BCUT2D eigenvalue weighted by Crippen LogP contribution is 2.25. The van der Waals surface area contributed by atoms with Gasteiger partial charge in [-0.25, -0.2) is 4.39 Å². The van der Waals surface area contributed by atoms with Gasteiger partial charge in [-0.3, -0.25) is 9.48 Å². The van der Waals surface area contributed by atoms with E-state index in [0.717, 1.165) is 11.1 Å². The number of hydrogen-bond acceptors (Lipinski definition) is 2. The Morgan fingerprint density at radius 1 is 1.04 bits per heavy atom. The van der Waals surface area contributed by atoms with Gasteiger partial charge in [-0.1, -0.05) is 59.6 Å². The first kappa shape index (κ1) is 18.5. The smallest absolute Gasteiger partial charge is 0.276 e. The first-order valence-corrected chi connectivity index (χ1v) is 9.24. The van der Waals surface area contributed by atoms with Crippen LogP contribution in [0.4, 0.5) is 10.1 Å². The van der Waals surface area contributed by atoms with Crippen LogP contribution in [-0.2, 0) is 6.54 Å². The highest BCUT2D eigenvalue weighted by atomic mass is 35.5. The SMILES string of the molecule is O=C(Nc1ccccc1F)c1nn(Cc2ccc(Cl)cc2Cl)c2ccccc12. The molecule has 3 aromatic carbocycles. The van der Waals surface area contributed by atoms with Gasteiger partial charge in [0.1, 0.15) is 5.82 Å². The molecule has 28 heavy (non-hydrogen) atoms. The second-order valence-electron chi connectivity index (χ2n) is 6.19. The van der Waals surface area contributed by atoms with Gasteiger partial charge >= 0.3 is 0 Å². The maximum Gasteiger partial charge on any atom is 0.276 e. The minimum atomic E-state index is -0.507. The number of rotatable bonds is 4. The van der Waals surface area contributed by atoms with E-state index in [0.29, 0.717) is 22.0 Å². The minimum absolute atomic E-state index is 0.104. The zero-order chi connectivity index (χ0) is 19.7. The van der Waals surface area contributed by atoms with Crippen molar-refractivity contribution < 1.29 is 9.18 Å². The van der Waals surface area contributed by atoms with Crippen molar-refractivity contribution in [3.8, 4) is 0 Å². The molecule has 0 aliphatic rings. The summed E-state index contributed by atoms with van der Waals surface area (Å²) in [5.41, 5.74) is 1.91. The van der Waals surface area contributed by atoms with Crippen LogP contribution in [0.15, 0.2) is 66.7 Å². The summed E-state index contributed by atoms with van der Waals surface area (Å²) in [5.74, 6) is -0.991. The number of para-hydroxylation sites is 2. The van der Waals surface area contributed by atoms with Gasteiger partial charge in [-0.15, -0.1) is 0 Å². The lowest BCUT2D eigenvalue weighted by molar-refractivity contribution is 0.102. The van der Waals surface area contributed by atoms with Gasteiger partial charge in [0.25, 0.3) is 5.91 Å². The standard InChI is InChI=1S/C21H14Cl2FN3O/c22-14-10-9-13(16(23)11-14)12-27-19-8-4-1-5-15(19)20(26-27)21(28)25-18-7-3-2-6-17(18)24/h1-11H,12H2,(H,25,28). The number of benzene rings is 3. The van der Waals surface area contributed by atoms with Crippen molar-refractivity contribution in [2.45, 2.75) is 6.54 Å². The van der Waals surface area contributed by atoms with Gasteiger partial charge in [0.05, 0.1) is 17.7 Å². The molecule has 0 unspecified atom stereocenters. The van der Waals surface area contributed by atoms with Crippen molar-refractivity contribution in [2.75, 3.05) is 5.32 Å². The molecule has 0 spiro atoms. The molecule has 0 aliphatic carbocycles. The summed E-state index contributed by atoms with van der Waals surface area (Å²) < 4.78 is 15.6. The molecule has 4 rings (SSSR count). The monoisotopic (exact) mass is 413 g/mol. The summed E-state index contributed by atoms with van der Waals surface area (Å²) in [7, 11) is 0. The van der Waals surface area contributed by atoms with E-state index in [4.69, 9.17) is 23.2 Å². The topological polar surface area (TPSA) is 46.9 Å². The van der Waals surface area contributed by atoms with Gasteiger partial charge in [-0.05, 0) is 35.9 Å². The van der Waals surface area contributed by atoms with Crippen molar-refractivity contribution in [3.63, 3.8) is 0 Å². The van der Waals surface area contributed by atoms with Crippen LogP contribution in [-0.4, -0.2) is 15.7 Å². The lowest BCUT2D eigenvalue weighted by Gasteiger charge is -2.06. The molecule has 0 fully saturated rings. The molecule has 0 saturated carbocycles. The van der Waals surface area contributed by atoms with Crippen molar-refractivity contribution >= 4 is 45.7 Å². The van der Waals surface area contributed by atoms with Gasteiger partial charge < -0.3 is 5.32 Å². The number of anilines is 1. The lowest BCUT2D eigenvalue weighted by atomic mass is 10.2. The fraction of sp³-hybridized carbons (Fsp3) is 0.0476. The summed E-state index contributed by atoms with van der Waals surface area (Å²) in [4.78, 5) is 12.8. The maximum absolute atomic E-state index is 13.9. The third kappa shape index (κ3) is 3.59. The number of carbonyl (C=O) groups is 1. The van der Waals surface area contributed by atoms with Crippen LogP contribution in [0.5, 0.6) is 0 Å². The molecule has 0 radical (unpaired) electrons. The summed E-state index contributed by atoms with van der Waals surface area (Å²) in [6, 6.07) is 18.6. The summed E-state index contributed by atoms with van der Waals surface area (Å²) >= 11 is 12.2. The Bertz CT molecular complexity index is 1190. The van der Waals surface area contributed by atoms with Crippen molar-refractivity contribution in [2.24, 2.45) is 0 Å². The number of amides is 1. The van der Waals surface area contributed by atoms with E-state index in [1.807, 2.05) is 24.3 Å².